The highest BCUT2D eigenvalue weighted by molar-refractivity contribution is 7.91. The van der Waals surface area contributed by atoms with Gasteiger partial charge in [0.15, 0.2) is 0 Å². The summed E-state index contributed by atoms with van der Waals surface area (Å²) >= 11 is 0. The van der Waals surface area contributed by atoms with Crippen LogP contribution in [0.5, 0.6) is 5.75 Å². The van der Waals surface area contributed by atoms with Gasteiger partial charge in [0.05, 0.1) is 23.2 Å². The highest BCUT2D eigenvalue weighted by Gasteiger charge is 2.32. The van der Waals surface area contributed by atoms with Crippen LogP contribution in [0.15, 0.2) is 48.7 Å². The summed E-state index contributed by atoms with van der Waals surface area (Å²) in [5.74, 6) is 0.753. The highest BCUT2D eigenvalue weighted by atomic mass is 32.2. The van der Waals surface area contributed by atoms with Crippen molar-refractivity contribution in [1.82, 2.24) is 9.97 Å². The first-order chi connectivity index (χ1) is 17.5. The molecule has 0 aliphatic carbocycles. The molecule has 0 unspecified atom stereocenters. The van der Waals surface area contributed by atoms with Gasteiger partial charge in [-0.2, -0.15) is 5.26 Å². The van der Waals surface area contributed by atoms with Gasteiger partial charge in [-0.15, -0.1) is 0 Å². The lowest BCUT2D eigenvalue weighted by atomic mass is 9.77. The fourth-order valence-electron chi connectivity index (χ4n) is 4.36. The van der Waals surface area contributed by atoms with E-state index >= 15 is 4.39 Å². The molecule has 2 heterocycles. The summed E-state index contributed by atoms with van der Waals surface area (Å²) in [6.07, 6.45) is 3.53. The fourth-order valence-corrected chi connectivity index (χ4v) is 4.79. The van der Waals surface area contributed by atoms with Crippen LogP contribution in [0.2, 0.25) is 0 Å². The lowest BCUT2D eigenvalue weighted by Crippen LogP contribution is -2.47. The SMILES string of the molecule is CCC1CN(c2c(F)cc(C(C)(C)c3ccc(OCc4ccnc(NS(C)(=O)=O)n4)cc3)cc2C#N)C1. The molecule has 1 N–H and O–H groups in total. The molecule has 10 heteroatoms. The maximum absolute atomic E-state index is 15.2. The van der Waals surface area contributed by atoms with Gasteiger partial charge in [-0.05, 0) is 53.8 Å². The van der Waals surface area contributed by atoms with E-state index in [1.165, 1.54) is 12.3 Å². The quantitative estimate of drug-likeness (QED) is 0.436. The Morgan fingerprint density at radius 1 is 1.19 bits per heavy atom. The summed E-state index contributed by atoms with van der Waals surface area (Å²) in [6.45, 7) is 7.78. The zero-order chi connectivity index (χ0) is 26.8. The molecular formula is C27H30FN5O3S. The average Bonchev–Trinajstić information content (AvgIpc) is 2.82. The smallest absolute Gasteiger partial charge is 0.236 e. The summed E-state index contributed by atoms with van der Waals surface area (Å²) in [7, 11) is -3.48. The van der Waals surface area contributed by atoms with Gasteiger partial charge in [-0.25, -0.2) is 22.8 Å². The van der Waals surface area contributed by atoms with E-state index in [0.29, 0.717) is 28.6 Å². The number of nitrogens with zero attached hydrogens (tertiary/aromatic N) is 4. The van der Waals surface area contributed by atoms with Crippen molar-refractivity contribution in [3.8, 4) is 11.8 Å². The summed E-state index contributed by atoms with van der Waals surface area (Å²) in [5, 5.41) is 9.75. The Morgan fingerprint density at radius 3 is 2.51 bits per heavy atom. The van der Waals surface area contributed by atoms with Crippen LogP contribution in [0, 0.1) is 23.1 Å². The van der Waals surface area contributed by atoms with E-state index in [0.717, 1.165) is 36.9 Å². The van der Waals surface area contributed by atoms with Crippen LogP contribution < -0.4 is 14.4 Å². The number of hydrogen-bond donors (Lipinski definition) is 1. The molecule has 1 fully saturated rings. The Labute approximate surface area is 217 Å². The molecule has 4 rings (SSSR count). The van der Waals surface area contributed by atoms with Crippen molar-refractivity contribution < 1.29 is 17.5 Å². The molecule has 0 atom stereocenters. The second-order valence-corrected chi connectivity index (χ2v) is 11.6. The number of anilines is 2. The maximum Gasteiger partial charge on any atom is 0.236 e. The predicted molar refractivity (Wildman–Crippen MR) is 141 cm³/mol. The van der Waals surface area contributed by atoms with Gasteiger partial charge in [0.25, 0.3) is 0 Å². The van der Waals surface area contributed by atoms with Crippen LogP contribution >= 0.6 is 0 Å². The normalized spacial score (nSPS) is 14.1. The number of nitrogens with one attached hydrogen (secondary N) is 1. The van der Waals surface area contributed by atoms with E-state index in [1.807, 2.05) is 43.0 Å². The number of ether oxygens (including phenoxy) is 1. The molecular weight excluding hydrogens is 493 g/mol. The molecule has 0 radical (unpaired) electrons. The van der Waals surface area contributed by atoms with Crippen LogP contribution in [-0.2, 0) is 22.0 Å². The van der Waals surface area contributed by atoms with Crippen molar-refractivity contribution in [2.24, 2.45) is 5.92 Å². The third-order valence-corrected chi connectivity index (χ3v) is 7.26. The minimum atomic E-state index is -3.48. The largest absolute Gasteiger partial charge is 0.487 e. The number of rotatable bonds is 9. The topological polar surface area (TPSA) is 108 Å². The van der Waals surface area contributed by atoms with Gasteiger partial charge in [-0.1, -0.05) is 32.9 Å². The van der Waals surface area contributed by atoms with Crippen LogP contribution in [0.1, 0.15) is 49.6 Å². The van der Waals surface area contributed by atoms with Crippen molar-refractivity contribution in [1.29, 1.82) is 5.26 Å². The molecule has 2 aromatic carbocycles. The molecule has 37 heavy (non-hydrogen) atoms. The number of halogens is 1. The summed E-state index contributed by atoms with van der Waals surface area (Å²) in [4.78, 5) is 9.98. The van der Waals surface area contributed by atoms with E-state index in [-0.39, 0.29) is 18.4 Å². The van der Waals surface area contributed by atoms with Gasteiger partial charge in [0.2, 0.25) is 16.0 Å². The first-order valence-electron chi connectivity index (χ1n) is 12.0. The van der Waals surface area contributed by atoms with E-state index in [4.69, 9.17) is 4.74 Å². The average molecular weight is 524 g/mol. The monoisotopic (exact) mass is 523 g/mol. The van der Waals surface area contributed by atoms with Crippen molar-refractivity contribution in [2.75, 3.05) is 29.0 Å². The first kappa shape index (κ1) is 26.4. The molecule has 1 saturated heterocycles. The van der Waals surface area contributed by atoms with Gasteiger partial charge < -0.3 is 9.64 Å². The molecule has 0 spiro atoms. The van der Waals surface area contributed by atoms with Gasteiger partial charge in [-0.3, -0.25) is 4.72 Å². The number of hydrogen-bond acceptors (Lipinski definition) is 7. The van der Waals surface area contributed by atoms with Crippen LogP contribution in [0.3, 0.4) is 0 Å². The van der Waals surface area contributed by atoms with Gasteiger partial charge in [0, 0.05) is 24.7 Å². The van der Waals surface area contributed by atoms with E-state index in [1.54, 1.807) is 12.1 Å². The minimum Gasteiger partial charge on any atom is -0.487 e. The van der Waals surface area contributed by atoms with Crippen molar-refractivity contribution in [3.05, 3.63) is 76.9 Å². The molecule has 3 aromatic rings. The van der Waals surface area contributed by atoms with E-state index in [2.05, 4.69) is 27.7 Å². The van der Waals surface area contributed by atoms with Crippen molar-refractivity contribution in [3.63, 3.8) is 0 Å². The molecule has 1 aliphatic rings. The Bertz CT molecular complexity index is 1430. The van der Waals surface area contributed by atoms with E-state index in [9.17, 15) is 13.7 Å². The lowest BCUT2D eigenvalue weighted by molar-refractivity contribution is 0.301. The zero-order valence-corrected chi connectivity index (χ0v) is 22.1. The first-order valence-corrected chi connectivity index (χ1v) is 13.9. The maximum atomic E-state index is 15.2. The summed E-state index contributed by atoms with van der Waals surface area (Å²) in [6, 6.07) is 14.6. The molecule has 1 aliphatic heterocycles. The summed E-state index contributed by atoms with van der Waals surface area (Å²) < 4.78 is 46.0. The summed E-state index contributed by atoms with van der Waals surface area (Å²) in [5.41, 5.74) is 2.37. The second kappa shape index (κ2) is 10.3. The molecule has 8 nitrogen and oxygen atoms in total. The highest BCUT2D eigenvalue weighted by Crippen LogP contribution is 2.38. The number of benzene rings is 2. The number of aromatic nitrogens is 2. The number of sulfonamides is 1. The van der Waals surface area contributed by atoms with Crippen LogP contribution in [0.25, 0.3) is 0 Å². The fraction of sp³-hybridized carbons (Fsp3) is 0.370. The van der Waals surface area contributed by atoms with Crippen molar-refractivity contribution in [2.45, 2.75) is 39.2 Å². The Hall–Kier alpha value is -3.71. The van der Waals surface area contributed by atoms with Crippen molar-refractivity contribution >= 4 is 21.7 Å². The third-order valence-electron chi connectivity index (χ3n) is 6.71. The lowest BCUT2D eigenvalue weighted by Gasteiger charge is -2.41. The third kappa shape index (κ3) is 6.00. The molecule has 194 valence electrons. The zero-order valence-electron chi connectivity index (χ0n) is 21.3. The standard InChI is InChI=1S/C27H30FN5O3S/c1-5-18-15-33(16-18)25-19(14-29)12-21(13-24(25)28)27(2,3)20-6-8-23(9-7-20)36-17-22-10-11-30-26(31-22)32-37(4,34)35/h6-13,18H,5,15-17H2,1-4H3,(H,30,31,32). The Kier molecular flexibility index (Phi) is 7.37. The number of nitriles is 1. The van der Waals surface area contributed by atoms with Gasteiger partial charge >= 0.3 is 0 Å². The Morgan fingerprint density at radius 2 is 1.89 bits per heavy atom. The minimum absolute atomic E-state index is 0.0185. The molecule has 0 saturated carbocycles. The molecule has 1 aromatic heterocycles. The molecule has 0 amide bonds. The predicted octanol–water partition coefficient (Wildman–Crippen LogP) is 4.61. The van der Waals surface area contributed by atoms with Gasteiger partial charge in [0.1, 0.15) is 24.2 Å². The molecule has 0 bridgehead atoms. The van der Waals surface area contributed by atoms with E-state index < -0.39 is 15.4 Å². The second-order valence-electron chi connectivity index (χ2n) is 9.83. The Balaban J connectivity index is 1.48. The van der Waals surface area contributed by atoms with Crippen LogP contribution in [0.4, 0.5) is 16.0 Å². The van der Waals surface area contributed by atoms with Crippen LogP contribution in [-0.4, -0.2) is 37.7 Å².